The topological polar surface area (TPSA) is 78.4 Å². The molecule has 0 aromatic carbocycles. The fourth-order valence-corrected chi connectivity index (χ4v) is 4.19. The van der Waals surface area contributed by atoms with E-state index < -0.39 is 5.97 Å². The van der Waals surface area contributed by atoms with E-state index in [-0.39, 0.29) is 23.9 Å². The Balaban J connectivity index is 1.72. The van der Waals surface area contributed by atoms with Gasteiger partial charge in [0.1, 0.15) is 0 Å². The first-order valence-electron chi connectivity index (χ1n) is 7.51. The molecular formula is C14H24N2O3S. The quantitative estimate of drug-likeness (QED) is 0.742. The Morgan fingerprint density at radius 1 is 1.10 bits per heavy atom. The van der Waals surface area contributed by atoms with Crippen molar-refractivity contribution in [2.45, 2.75) is 44.6 Å². The highest BCUT2D eigenvalue weighted by molar-refractivity contribution is 7.99. The second-order valence-corrected chi connectivity index (χ2v) is 6.96. The zero-order chi connectivity index (χ0) is 14.4. The highest BCUT2D eigenvalue weighted by atomic mass is 32.2. The third-order valence-corrected chi connectivity index (χ3v) is 5.36. The summed E-state index contributed by atoms with van der Waals surface area (Å²) >= 11 is 1.93. The van der Waals surface area contributed by atoms with Crippen LogP contribution in [0.5, 0.6) is 0 Å². The largest absolute Gasteiger partial charge is 0.481 e. The lowest BCUT2D eigenvalue weighted by atomic mass is 9.79. The molecule has 3 N–H and O–H groups in total. The number of carbonyl (C=O) groups is 2. The van der Waals surface area contributed by atoms with E-state index in [1.165, 1.54) is 0 Å². The molecule has 0 aromatic rings. The second-order valence-electron chi connectivity index (χ2n) is 5.73. The first kappa shape index (κ1) is 15.5. The summed E-state index contributed by atoms with van der Waals surface area (Å²) in [6.45, 7) is 0.476. The van der Waals surface area contributed by atoms with Crippen molar-refractivity contribution in [3.63, 3.8) is 0 Å². The summed E-state index contributed by atoms with van der Waals surface area (Å²) in [5.41, 5.74) is 0. The van der Waals surface area contributed by atoms with Crippen LogP contribution >= 0.6 is 11.8 Å². The predicted octanol–water partition coefficient (Wildman–Crippen LogP) is 2.07. The van der Waals surface area contributed by atoms with Crippen LogP contribution in [0.4, 0.5) is 4.79 Å². The minimum Gasteiger partial charge on any atom is -0.481 e. The average Bonchev–Trinajstić information content (AvgIpc) is 2.46. The van der Waals surface area contributed by atoms with E-state index in [0.29, 0.717) is 6.54 Å². The van der Waals surface area contributed by atoms with Crippen LogP contribution in [-0.2, 0) is 4.79 Å². The summed E-state index contributed by atoms with van der Waals surface area (Å²) in [5, 5.41) is 15.1. The number of amides is 2. The van der Waals surface area contributed by atoms with Crippen LogP contribution in [0.15, 0.2) is 0 Å². The van der Waals surface area contributed by atoms with Crippen molar-refractivity contribution < 1.29 is 14.7 Å². The van der Waals surface area contributed by atoms with E-state index in [1.54, 1.807) is 0 Å². The molecule has 2 rings (SSSR count). The van der Waals surface area contributed by atoms with Crippen LogP contribution in [0.1, 0.15) is 38.5 Å². The molecule has 1 aliphatic heterocycles. The third-order valence-electron chi connectivity index (χ3n) is 4.31. The lowest BCUT2D eigenvalue weighted by molar-refractivity contribution is -0.144. The van der Waals surface area contributed by atoms with E-state index in [0.717, 1.165) is 50.0 Å². The van der Waals surface area contributed by atoms with E-state index in [9.17, 15) is 14.7 Å². The normalized spacial score (nSPS) is 27.8. The van der Waals surface area contributed by atoms with E-state index in [1.807, 2.05) is 11.8 Å². The summed E-state index contributed by atoms with van der Waals surface area (Å²) < 4.78 is 0. The van der Waals surface area contributed by atoms with Crippen molar-refractivity contribution in [2.75, 3.05) is 18.1 Å². The van der Waals surface area contributed by atoms with E-state index >= 15 is 0 Å². The monoisotopic (exact) mass is 300 g/mol. The summed E-state index contributed by atoms with van der Waals surface area (Å²) in [6, 6.07) is 0.134. The van der Waals surface area contributed by atoms with E-state index in [4.69, 9.17) is 0 Å². The van der Waals surface area contributed by atoms with Gasteiger partial charge in [-0.15, -0.1) is 0 Å². The average molecular weight is 300 g/mol. The molecule has 2 amide bonds. The molecule has 0 spiro atoms. The minimum atomic E-state index is -0.721. The Kier molecular flexibility index (Phi) is 6.01. The van der Waals surface area contributed by atoms with Crippen LogP contribution in [0, 0.1) is 11.8 Å². The van der Waals surface area contributed by atoms with E-state index in [2.05, 4.69) is 10.6 Å². The number of hydrogen-bond acceptors (Lipinski definition) is 3. The second kappa shape index (κ2) is 7.76. The lowest BCUT2D eigenvalue weighted by Gasteiger charge is -2.29. The number of urea groups is 1. The van der Waals surface area contributed by atoms with Gasteiger partial charge in [0.15, 0.2) is 0 Å². The molecule has 1 saturated carbocycles. The van der Waals surface area contributed by atoms with Crippen LogP contribution in [0.2, 0.25) is 0 Å². The number of rotatable bonds is 4. The Labute approximate surface area is 124 Å². The van der Waals surface area contributed by atoms with Gasteiger partial charge in [0.2, 0.25) is 0 Å². The number of aliphatic carboxylic acids is 1. The van der Waals surface area contributed by atoms with Gasteiger partial charge in [-0.2, -0.15) is 11.8 Å². The molecule has 114 valence electrons. The van der Waals surface area contributed by atoms with Gasteiger partial charge < -0.3 is 15.7 Å². The van der Waals surface area contributed by atoms with Crippen molar-refractivity contribution in [2.24, 2.45) is 11.8 Å². The molecular weight excluding hydrogens is 276 g/mol. The number of nitrogens with one attached hydrogen (secondary N) is 2. The molecule has 1 saturated heterocycles. The van der Waals surface area contributed by atoms with Crippen LogP contribution in [0.25, 0.3) is 0 Å². The van der Waals surface area contributed by atoms with Gasteiger partial charge in [0.05, 0.1) is 5.92 Å². The Hall–Kier alpha value is -0.910. The molecule has 2 atom stereocenters. The number of carbonyl (C=O) groups excluding carboxylic acids is 1. The third kappa shape index (κ3) is 4.58. The molecule has 5 nitrogen and oxygen atoms in total. The molecule has 1 aliphatic carbocycles. The molecule has 2 fully saturated rings. The lowest BCUT2D eigenvalue weighted by Crippen LogP contribution is -2.46. The Morgan fingerprint density at radius 2 is 1.80 bits per heavy atom. The van der Waals surface area contributed by atoms with Crippen LogP contribution in [-0.4, -0.2) is 41.2 Å². The summed E-state index contributed by atoms with van der Waals surface area (Å²) in [7, 11) is 0. The fourth-order valence-electron chi connectivity index (χ4n) is 3.08. The summed E-state index contributed by atoms with van der Waals surface area (Å²) in [6.07, 6.45) is 5.75. The van der Waals surface area contributed by atoms with Gasteiger partial charge in [-0.05, 0) is 43.1 Å². The maximum absolute atomic E-state index is 11.9. The van der Waals surface area contributed by atoms with Crippen molar-refractivity contribution in [3.05, 3.63) is 0 Å². The highest BCUT2D eigenvalue weighted by Crippen LogP contribution is 2.29. The van der Waals surface area contributed by atoms with Gasteiger partial charge in [-0.25, -0.2) is 4.79 Å². The molecule has 20 heavy (non-hydrogen) atoms. The maximum Gasteiger partial charge on any atom is 0.315 e. The summed E-state index contributed by atoms with van der Waals surface area (Å²) in [4.78, 5) is 23.0. The highest BCUT2D eigenvalue weighted by Gasteiger charge is 2.30. The maximum atomic E-state index is 11.9. The van der Waals surface area contributed by atoms with Gasteiger partial charge in [0.25, 0.3) is 0 Å². The Morgan fingerprint density at radius 3 is 2.50 bits per heavy atom. The number of carboxylic acids is 1. The van der Waals surface area contributed by atoms with Crippen molar-refractivity contribution in [3.8, 4) is 0 Å². The van der Waals surface area contributed by atoms with Crippen molar-refractivity contribution in [1.82, 2.24) is 10.6 Å². The number of hydrogen-bond donors (Lipinski definition) is 3. The Bertz CT molecular complexity index is 345. The molecule has 0 radical (unpaired) electrons. The molecule has 0 bridgehead atoms. The standard InChI is InChI=1S/C14H24N2O3S/c17-13(18)12-4-2-1-3-10(12)9-15-14(19)16-11-5-7-20-8-6-11/h10-12H,1-9H2,(H,17,18)(H2,15,16,19). The van der Waals surface area contributed by atoms with Gasteiger partial charge in [-0.1, -0.05) is 12.8 Å². The first-order valence-corrected chi connectivity index (χ1v) is 8.67. The molecule has 2 aliphatic rings. The molecule has 1 heterocycles. The van der Waals surface area contributed by atoms with Crippen molar-refractivity contribution >= 4 is 23.8 Å². The molecule has 2 unspecified atom stereocenters. The van der Waals surface area contributed by atoms with Gasteiger partial charge in [0, 0.05) is 12.6 Å². The first-order chi connectivity index (χ1) is 9.66. The predicted molar refractivity (Wildman–Crippen MR) is 80.0 cm³/mol. The SMILES string of the molecule is O=C(NCC1CCCCC1C(=O)O)NC1CCSCC1. The fraction of sp³-hybridized carbons (Fsp3) is 0.857. The summed E-state index contributed by atoms with van der Waals surface area (Å²) in [5.74, 6) is 1.27. The number of carboxylic acid groups (broad SMARTS) is 1. The van der Waals surface area contributed by atoms with Crippen LogP contribution in [0.3, 0.4) is 0 Å². The van der Waals surface area contributed by atoms with Crippen LogP contribution < -0.4 is 10.6 Å². The van der Waals surface area contributed by atoms with Gasteiger partial charge in [-0.3, -0.25) is 4.79 Å². The van der Waals surface area contributed by atoms with Gasteiger partial charge >= 0.3 is 12.0 Å². The smallest absolute Gasteiger partial charge is 0.315 e. The van der Waals surface area contributed by atoms with Crippen molar-refractivity contribution in [1.29, 1.82) is 0 Å². The molecule has 0 aromatic heterocycles. The zero-order valence-electron chi connectivity index (χ0n) is 11.8. The minimum absolute atomic E-state index is 0.0777. The number of thioether (sulfide) groups is 1. The zero-order valence-corrected chi connectivity index (χ0v) is 12.6. The molecule has 6 heteroatoms.